The molecule has 0 amide bonds. The molecule has 2 aromatic rings. The topological polar surface area (TPSA) is 54.9 Å². The normalized spacial score (nSPS) is 10.4. The molecule has 126 valence electrons. The van der Waals surface area contributed by atoms with Crippen LogP contribution < -0.4 is 20.2 Å². The molecule has 0 fully saturated rings. The Bertz CT molecular complexity index is 690. The van der Waals surface area contributed by atoms with E-state index in [2.05, 4.69) is 28.0 Å². The van der Waals surface area contributed by atoms with Crippen LogP contribution in [0.1, 0.15) is 11.1 Å². The third kappa shape index (κ3) is 5.55. The molecule has 2 rings (SSSR count). The number of thiocarbonyl (C=S) groups is 1. The summed E-state index contributed by atoms with van der Waals surface area (Å²) in [6, 6.07) is 15.7. The van der Waals surface area contributed by atoms with E-state index >= 15 is 0 Å². The van der Waals surface area contributed by atoms with Crippen LogP contribution in [0.25, 0.3) is 0 Å². The molecule has 0 spiro atoms. The lowest BCUT2D eigenvalue weighted by Crippen LogP contribution is -2.33. The van der Waals surface area contributed by atoms with Gasteiger partial charge >= 0.3 is 0 Å². The number of nitrogens with one attached hydrogen (secondary N) is 2. The second-order valence-corrected chi connectivity index (χ2v) is 5.38. The predicted octanol–water partition coefficient (Wildman–Crippen LogP) is 2.74. The summed E-state index contributed by atoms with van der Waals surface area (Å²) in [7, 11) is 3.23. The van der Waals surface area contributed by atoms with Crippen LogP contribution in [0.4, 0.5) is 0 Å². The fourth-order valence-corrected chi connectivity index (χ4v) is 2.26. The highest BCUT2D eigenvalue weighted by Crippen LogP contribution is 2.22. The van der Waals surface area contributed by atoms with E-state index in [0.717, 1.165) is 24.3 Å². The molecule has 0 aromatic heterocycles. The smallest absolute Gasteiger partial charge is 0.186 e. The van der Waals surface area contributed by atoms with Gasteiger partial charge in [-0.1, -0.05) is 30.3 Å². The Hall–Kier alpha value is -2.60. The van der Waals surface area contributed by atoms with Crippen LogP contribution in [0.3, 0.4) is 0 Å². The van der Waals surface area contributed by atoms with Crippen LogP contribution in [-0.2, 0) is 6.42 Å². The van der Waals surface area contributed by atoms with Gasteiger partial charge in [-0.2, -0.15) is 5.10 Å². The summed E-state index contributed by atoms with van der Waals surface area (Å²) in [6.07, 6.45) is 2.54. The lowest BCUT2D eigenvalue weighted by atomic mass is 10.1. The Balaban J connectivity index is 1.81. The number of nitrogens with zero attached hydrogens (tertiary/aromatic N) is 1. The van der Waals surface area contributed by atoms with Crippen molar-refractivity contribution in [3.8, 4) is 11.5 Å². The van der Waals surface area contributed by atoms with Crippen molar-refractivity contribution < 1.29 is 9.47 Å². The third-order valence-electron chi connectivity index (χ3n) is 3.35. The van der Waals surface area contributed by atoms with E-state index in [1.54, 1.807) is 20.4 Å². The summed E-state index contributed by atoms with van der Waals surface area (Å²) >= 11 is 5.20. The van der Waals surface area contributed by atoms with E-state index in [1.165, 1.54) is 5.56 Å². The molecule has 0 aliphatic carbocycles. The van der Waals surface area contributed by atoms with Gasteiger partial charge in [-0.15, -0.1) is 0 Å². The van der Waals surface area contributed by atoms with Gasteiger partial charge in [-0.05, 0) is 42.4 Å². The summed E-state index contributed by atoms with van der Waals surface area (Å²) in [5.74, 6) is 1.45. The van der Waals surface area contributed by atoms with E-state index in [0.29, 0.717) is 10.9 Å². The summed E-state index contributed by atoms with van der Waals surface area (Å²) in [5.41, 5.74) is 4.86. The van der Waals surface area contributed by atoms with Crippen LogP contribution >= 0.6 is 12.2 Å². The molecule has 5 nitrogen and oxygen atoms in total. The quantitative estimate of drug-likeness (QED) is 0.460. The lowest BCUT2D eigenvalue weighted by molar-refractivity contribution is 0.402. The van der Waals surface area contributed by atoms with Crippen LogP contribution in [0.15, 0.2) is 53.6 Å². The standard InChI is InChI=1S/C18H21N3O2S/c1-22-16-8-9-17(23-2)15(12-16)13-20-21-18(24)19-11-10-14-6-4-3-5-7-14/h3-9,12-13H,10-11H2,1-2H3,(H2,19,21,24)/b20-13-. The predicted molar refractivity (Wildman–Crippen MR) is 101 cm³/mol. The Kier molecular flexibility index (Phi) is 7.04. The minimum atomic E-state index is 0.476. The zero-order valence-corrected chi connectivity index (χ0v) is 14.6. The Morgan fingerprint density at radius 3 is 2.62 bits per heavy atom. The van der Waals surface area contributed by atoms with Crippen molar-refractivity contribution in [2.45, 2.75) is 6.42 Å². The first-order chi connectivity index (χ1) is 11.7. The maximum Gasteiger partial charge on any atom is 0.186 e. The van der Waals surface area contributed by atoms with Crippen LogP contribution in [0.5, 0.6) is 11.5 Å². The average molecular weight is 343 g/mol. The second-order valence-electron chi connectivity index (χ2n) is 4.97. The summed E-state index contributed by atoms with van der Waals surface area (Å²) in [6.45, 7) is 0.744. The van der Waals surface area contributed by atoms with Crippen molar-refractivity contribution in [1.29, 1.82) is 0 Å². The van der Waals surface area contributed by atoms with Crippen LogP contribution in [-0.4, -0.2) is 32.1 Å². The number of ether oxygens (including phenoxy) is 2. The van der Waals surface area contributed by atoms with Crippen molar-refractivity contribution in [2.24, 2.45) is 5.10 Å². The molecule has 0 heterocycles. The molecule has 0 atom stereocenters. The number of methoxy groups -OCH3 is 2. The second kappa shape index (κ2) is 9.52. The molecule has 0 saturated carbocycles. The highest BCUT2D eigenvalue weighted by atomic mass is 32.1. The molecule has 0 saturated heterocycles. The Labute approximate surface area is 147 Å². The zero-order chi connectivity index (χ0) is 17.2. The Morgan fingerprint density at radius 2 is 1.92 bits per heavy atom. The fraction of sp³-hybridized carbons (Fsp3) is 0.222. The monoisotopic (exact) mass is 343 g/mol. The van der Waals surface area contributed by atoms with Gasteiger partial charge in [0.25, 0.3) is 0 Å². The van der Waals surface area contributed by atoms with Gasteiger partial charge in [0.05, 0.1) is 20.4 Å². The molecule has 0 unspecified atom stereocenters. The number of hydrazone groups is 1. The van der Waals surface area contributed by atoms with Gasteiger partial charge in [0, 0.05) is 12.1 Å². The first kappa shape index (κ1) is 17.7. The highest BCUT2D eigenvalue weighted by molar-refractivity contribution is 7.80. The largest absolute Gasteiger partial charge is 0.497 e. The molecule has 2 N–H and O–H groups in total. The van der Waals surface area contributed by atoms with E-state index in [-0.39, 0.29) is 0 Å². The first-order valence-corrected chi connectivity index (χ1v) is 7.96. The molecular formula is C18H21N3O2S. The summed E-state index contributed by atoms with van der Waals surface area (Å²) in [4.78, 5) is 0. The molecule has 24 heavy (non-hydrogen) atoms. The van der Waals surface area contributed by atoms with Gasteiger partial charge in [-0.3, -0.25) is 5.43 Å². The van der Waals surface area contributed by atoms with E-state index in [1.807, 2.05) is 36.4 Å². The fourth-order valence-electron chi connectivity index (χ4n) is 2.11. The van der Waals surface area contributed by atoms with Crippen molar-refractivity contribution in [3.63, 3.8) is 0 Å². The zero-order valence-electron chi connectivity index (χ0n) is 13.8. The van der Waals surface area contributed by atoms with Crippen molar-refractivity contribution >= 4 is 23.5 Å². The maximum atomic E-state index is 5.29. The molecule has 0 aliphatic heterocycles. The molecule has 0 radical (unpaired) electrons. The molecule has 0 aliphatic rings. The average Bonchev–Trinajstić information content (AvgIpc) is 2.62. The van der Waals surface area contributed by atoms with Crippen molar-refractivity contribution in [2.75, 3.05) is 20.8 Å². The SMILES string of the molecule is COc1ccc(OC)c(/C=N\NC(=S)NCCc2ccccc2)c1. The lowest BCUT2D eigenvalue weighted by Gasteiger charge is -2.08. The van der Waals surface area contributed by atoms with E-state index in [4.69, 9.17) is 21.7 Å². The number of benzene rings is 2. The minimum absolute atomic E-state index is 0.476. The number of hydrogen-bond acceptors (Lipinski definition) is 4. The van der Waals surface area contributed by atoms with E-state index in [9.17, 15) is 0 Å². The summed E-state index contributed by atoms with van der Waals surface area (Å²) < 4.78 is 10.5. The van der Waals surface area contributed by atoms with Crippen LogP contribution in [0.2, 0.25) is 0 Å². The molecule has 0 bridgehead atoms. The minimum Gasteiger partial charge on any atom is -0.497 e. The number of rotatable bonds is 7. The maximum absolute atomic E-state index is 5.29. The van der Waals surface area contributed by atoms with Crippen molar-refractivity contribution in [1.82, 2.24) is 10.7 Å². The van der Waals surface area contributed by atoms with Crippen LogP contribution in [0, 0.1) is 0 Å². The molecule has 2 aromatic carbocycles. The van der Waals surface area contributed by atoms with Gasteiger partial charge < -0.3 is 14.8 Å². The van der Waals surface area contributed by atoms with Crippen molar-refractivity contribution in [3.05, 3.63) is 59.7 Å². The van der Waals surface area contributed by atoms with Gasteiger partial charge in [0.1, 0.15) is 11.5 Å². The number of hydrogen-bond donors (Lipinski definition) is 2. The first-order valence-electron chi connectivity index (χ1n) is 7.56. The Morgan fingerprint density at radius 1 is 1.12 bits per heavy atom. The highest BCUT2D eigenvalue weighted by Gasteiger charge is 2.02. The van der Waals surface area contributed by atoms with Gasteiger partial charge in [-0.25, -0.2) is 0 Å². The van der Waals surface area contributed by atoms with Gasteiger partial charge in [0.15, 0.2) is 5.11 Å². The molecule has 6 heteroatoms. The third-order valence-corrected chi connectivity index (χ3v) is 3.58. The summed E-state index contributed by atoms with van der Waals surface area (Å²) in [5, 5.41) is 7.73. The van der Waals surface area contributed by atoms with E-state index < -0.39 is 0 Å². The molecular weight excluding hydrogens is 322 g/mol. The van der Waals surface area contributed by atoms with Gasteiger partial charge in [0.2, 0.25) is 0 Å².